The zero-order valence-electron chi connectivity index (χ0n) is 11.0. The first-order chi connectivity index (χ1) is 10.2. The molecule has 3 rings (SSSR count). The van der Waals surface area contributed by atoms with E-state index in [1.54, 1.807) is 0 Å². The summed E-state index contributed by atoms with van der Waals surface area (Å²) in [5.41, 5.74) is 6.49. The van der Waals surface area contributed by atoms with Crippen LogP contribution in [0.25, 0.3) is 17.2 Å². The highest BCUT2D eigenvalue weighted by molar-refractivity contribution is 14.1. The van der Waals surface area contributed by atoms with E-state index in [2.05, 4.69) is 58.6 Å². The van der Waals surface area contributed by atoms with Crippen molar-refractivity contribution in [2.75, 3.05) is 12.0 Å². The molecule has 0 fully saturated rings. The van der Waals surface area contributed by atoms with Crippen molar-refractivity contribution >= 4 is 60.1 Å². The van der Waals surface area contributed by atoms with Gasteiger partial charge in [-0.3, -0.25) is 0 Å². The SMILES string of the molecule is CS(=O)(=O)c1nc(N)n2nc(-c3cc(Br)cc(I)c3)nc2n1. The molecule has 0 aliphatic carbocycles. The number of halogens is 2. The largest absolute Gasteiger partial charge is 0.368 e. The molecule has 1 aromatic carbocycles. The summed E-state index contributed by atoms with van der Waals surface area (Å²) in [6.45, 7) is 0. The molecule has 0 radical (unpaired) electrons. The second-order valence-corrected chi connectivity index (χ2v) is 8.51. The van der Waals surface area contributed by atoms with Gasteiger partial charge in [-0.15, -0.1) is 5.10 Å². The third kappa shape index (κ3) is 2.92. The summed E-state index contributed by atoms with van der Waals surface area (Å²) in [6, 6.07) is 5.68. The molecule has 2 heterocycles. The van der Waals surface area contributed by atoms with E-state index in [0.29, 0.717) is 5.82 Å². The van der Waals surface area contributed by atoms with Crippen molar-refractivity contribution in [1.29, 1.82) is 0 Å². The maximum Gasteiger partial charge on any atom is 0.258 e. The Hall–Kier alpha value is -1.34. The van der Waals surface area contributed by atoms with Crippen molar-refractivity contribution in [2.45, 2.75) is 5.16 Å². The number of anilines is 1. The van der Waals surface area contributed by atoms with Gasteiger partial charge in [0.1, 0.15) is 0 Å². The van der Waals surface area contributed by atoms with Crippen molar-refractivity contribution in [3.63, 3.8) is 0 Å². The Labute approximate surface area is 147 Å². The number of nitrogens with two attached hydrogens (primary N) is 1. The summed E-state index contributed by atoms with van der Waals surface area (Å²) < 4.78 is 26.2. The quantitative estimate of drug-likeness (QED) is 0.537. The number of hydrogen-bond donors (Lipinski definition) is 1. The average molecular weight is 495 g/mol. The predicted molar refractivity (Wildman–Crippen MR) is 92.0 cm³/mol. The van der Waals surface area contributed by atoms with E-state index in [4.69, 9.17) is 5.73 Å². The van der Waals surface area contributed by atoms with Crippen LogP contribution in [0.2, 0.25) is 0 Å². The molecule has 2 N–H and O–H groups in total. The molecule has 0 unspecified atom stereocenters. The van der Waals surface area contributed by atoms with Crippen molar-refractivity contribution < 1.29 is 8.42 Å². The maximum atomic E-state index is 11.5. The molecule has 0 atom stereocenters. The minimum absolute atomic E-state index is 0.0814. The van der Waals surface area contributed by atoms with Crippen LogP contribution in [0.5, 0.6) is 0 Å². The van der Waals surface area contributed by atoms with Crippen LogP contribution in [0, 0.1) is 3.57 Å². The Morgan fingerprint density at radius 3 is 2.59 bits per heavy atom. The van der Waals surface area contributed by atoms with E-state index in [1.165, 1.54) is 4.52 Å². The number of nitrogens with zero attached hydrogens (tertiary/aromatic N) is 5. The Bertz CT molecular complexity index is 983. The highest BCUT2D eigenvalue weighted by atomic mass is 127. The van der Waals surface area contributed by atoms with Gasteiger partial charge in [0.05, 0.1) is 0 Å². The monoisotopic (exact) mass is 494 g/mol. The zero-order valence-corrected chi connectivity index (χ0v) is 15.6. The summed E-state index contributed by atoms with van der Waals surface area (Å²) in [6.07, 6.45) is 1.01. The number of sulfone groups is 1. The molecule has 0 saturated heterocycles. The topological polar surface area (TPSA) is 116 Å². The molecule has 22 heavy (non-hydrogen) atoms. The molecule has 8 nitrogen and oxygen atoms in total. The normalized spacial score (nSPS) is 12.0. The molecule has 11 heteroatoms. The van der Waals surface area contributed by atoms with Crippen molar-refractivity contribution in [3.8, 4) is 11.4 Å². The fourth-order valence-corrected chi connectivity index (χ4v) is 3.86. The Kier molecular flexibility index (Phi) is 3.81. The Morgan fingerprint density at radius 1 is 1.23 bits per heavy atom. The van der Waals surface area contributed by atoms with Crippen LogP contribution >= 0.6 is 38.5 Å². The van der Waals surface area contributed by atoms with Gasteiger partial charge in [0, 0.05) is 19.9 Å². The van der Waals surface area contributed by atoms with Gasteiger partial charge < -0.3 is 5.73 Å². The third-order valence-corrected chi connectivity index (χ3v) is 4.59. The van der Waals surface area contributed by atoms with Gasteiger partial charge in [-0.2, -0.15) is 19.5 Å². The molecule has 2 aromatic heterocycles. The van der Waals surface area contributed by atoms with Crippen molar-refractivity contribution in [2.24, 2.45) is 0 Å². The molecule has 0 aliphatic rings. The minimum Gasteiger partial charge on any atom is -0.368 e. The highest BCUT2D eigenvalue weighted by Gasteiger charge is 2.17. The van der Waals surface area contributed by atoms with Crippen LogP contribution in [-0.2, 0) is 9.84 Å². The van der Waals surface area contributed by atoms with Crippen LogP contribution in [0.1, 0.15) is 0 Å². The first-order valence-electron chi connectivity index (χ1n) is 5.81. The van der Waals surface area contributed by atoms with Crippen LogP contribution in [0.15, 0.2) is 27.8 Å². The predicted octanol–water partition coefficient (Wildman–Crippen LogP) is 1.54. The van der Waals surface area contributed by atoms with Gasteiger partial charge in [0.15, 0.2) is 5.82 Å². The summed E-state index contributed by atoms with van der Waals surface area (Å²) >= 11 is 5.58. The van der Waals surface area contributed by atoms with E-state index in [9.17, 15) is 8.42 Å². The van der Waals surface area contributed by atoms with Crippen LogP contribution in [0.4, 0.5) is 5.95 Å². The van der Waals surface area contributed by atoms with Gasteiger partial charge in [0.2, 0.25) is 15.8 Å². The van der Waals surface area contributed by atoms with Gasteiger partial charge in [0.25, 0.3) is 10.9 Å². The van der Waals surface area contributed by atoms with E-state index in [1.807, 2.05) is 18.2 Å². The van der Waals surface area contributed by atoms with Crippen LogP contribution in [-0.4, -0.2) is 39.2 Å². The molecular formula is C11H8BrIN6O2S. The lowest BCUT2D eigenvalue weighted by atomic mass is 10.2. The van der Waals surface area contributed by atoms with E-state index in [0.717, 1.165) is 19.9 Å². The lowest BCUT2D eigenvalue weighted by Crippen LogP contribution is -2.11. The summed E-state index contributed by atoms with van der Waals surface area (Å²) in [5, 5.41) is 3.85. The highest BCUT2D eigenvalue weighted by Crippen LogP contribution is 2.24. The van der Waals surface area contributed by atoms with Gasteiger partial charge in [-0.1, -0.05) is 15.9 Å². The maximum absolute atomic E-state index is 11.5. The third-order valence-electron chi connectivity index (χ3n) is 2.67. The minimum atomic E-state index is -3.58. The van der Waals surface area contributed by atoms with E-state index >= 15 is 0 Å². The molecule has 0 saturated carbocycles. The average Bonchev–Trinajstić information content (AvgIpc) is 2.81. The van der Waals surface area contributed by atoms with Crippen molar-refractivity contribution in [1.82, 2.24) is 24.6 Å². The fourth-order valence-electron chi connectivity index (χ4n) is 1.76. The summed E-state index contributed by atoms with van der Waals surface area (Å²) in [5.74, 6) is 0.373. The molecule has 3 aromatic rings. The Balaban J connectivity index is 2.24. The lowest BCUT2D eigenvalue weighted by Gasteiger charge is -1.99. The first kappa shape index (κ1) is 15.6. The van der Waals surface area contributed by atoms with Gasteiger partial charge in [-0.05, 0) is 40.8 Å². The number of nitrogen functional groups attached to an aromatic ring is 1. The molecular weight excluding hydrogens is 487 g/mol. The van der Waals surface area contributed by atoms with Crippen molar-refractivity contribution in [3.05, 3.63) is 26.2 Å². The number of hydrogen-bond acceptors (Lipinski definition) is 7. The molecule has 0 amide bonds. The smallest absolute Gasteiger partial charge is 0.258 e. The number of rotatable bonds is 2. The fraction of sp³-hybridized carbons (Fsp3) is 0.0909. The number of fused-ring (bicyclic) bond motifs is 1. The second-order valence-electron chi connectivity index (χ2n) is 4.44. The van der Waals surface area contributed by atoms with E-state index < -0.39 is 9.84 Å². The van der Waals surface area contributed by atoms with E-state index in [-0.39, 0.29) is 16.9 Å². The number of benzene rings is 1. The standard InChI is InChI=1S/C11H8BrIN6O2S/c1-22(20,21)11-16-9(14)19-10(17-11)15-8(18-19)5-2-6(12)4-7(13)3-5/h2-4H,1H3,(H2,14,15,16,17,18). The Morgan fingerprint density at radius 2 is 1.95 bits per heavy atom. The first-order valence-corrected chi connectivity index (χ1v) is 9.57. The molecule has 0 aliphatic heterocycles. The molecule has 0 bridgehead atoms. The lowest BCUT2D eigenvalue weighted by molar-refractivity contribution is 0.592. The van der Waals surface area contributed by atoms with Crippen LogP contribution in [0.3, 0.4) is 0 Å². The number of aromatic nitrogens is 5. The summed E-state index contributed by atoms with van der Waals surface area (Å²) in [4.78, 5) is 11.9. The zero-order chi connectivity index (χ0) is 16.1. The molecule has 0 spiro atoms. The molecule has 114 valence electrons. The summed E-state index contributed by atoms with van der Waals surface area (Å²) in [7, 11) is -3.58. The van der Waals surface area contributed by atoms with Gasteiger partial charge in [-0.25, -0.2) is 8.42 Å². The van der Waals surface area contributed by atoms with Gasteiger partial charge >= 0.3 is 0 Å². The van der Waals surface area contributed by atoms with Crippen LogP contribution < -0.4 is 5.73 Å². The second kappa shape index (κ2) is 5.38.